The molecule has 0 unspecified atom stereocenters. The van der Waals surface area contributed by atoms with Gasteiger partial charge in [-0.1, -0.05) is 23.7 Å². The highest BCUT2D eigenvalue weighted by atomic mass is 19.2. The maximum Gasteiger partial charge on any atom is 0.446 e. The molecule has 1 aliphatic heterocycles. The Morgan fingerprint density at radius 1 is 1.36 bits per heavy atom. The van der Waals surface area contributed by atoms with Crippen molar-refractivity contribution in [1.82, 2.24) is 4.81 Å². The Kier molecular flexibility index (Phi) is 1.73. The Balaban J connectivity index is 2.59. The van der Waals surface area contributed by atoms with Crippen LogP contribution in [0.15, 0.2) is 24.3 Å². The standard InChI is InChI=1S/C8H8BF2N2O/c1-13-8(14)12-7-5-3-2-4-6(7)9(13,10)11/h2-5H,1H3,(H,12,14)/q-1. The number of nitrogens with one attached hydrogen (secondary N) is 1. The molecule has 2 amide bonds. The zero-order valence-corrected chi connectivity index (χ0v) is 7.50. The molecule has 0 spiro atoms. The Morgan fingerprint density at radius 3 is 2.71 bits per heavy atom. The Morgan fingerprint density at radius 2 is 2.00 bits per heavy atom. The largest absolute Gasteiger partial charge is 0.454 e. The number of rotatable bonds is 0. The van der Waals surface area contributed by atoms with Crippen LogP contribution in [-0.4, -0.2) is 24.7 Å². The second kappa shape index (κ2) is 2.70. The summed E-state index contributed by atoms with van der Waals surface area (Å²) in [7, 11) is 1.09. The summed E-state index contributed by atoms with van der Waals surface area (Å²) in [5, 5.41) is 2.39. The van der Waals surface area contributed by atoms with Crippen LogP contribution in [0.4, 0.5) is 19.1 Å². The SMILES string of the molecule is CN1C(=O)Nc2ccccc2[B-]1(F)F. The fourth-order valence-corrected chi connectivity index (χ4v) is 1.47. The van der Waals surface area contributed by atoms with E-state index in [0.717, 1.165) is 7.05 Å². The lowest BCUT2D eigenvalue weighted by Gasteiger charge is -2.41. The summed E-state index contributed by atoms with van der Waals surface area (Å²) < 4.78 is 27.1. The zero-order valence-electron chi connectivity index (χ0n) is 7.50. The predicted octanol–water partition coefficient (Wildman–Crippen LogP) is 1.25. The third-order valence-corrected chi connectivity index (χ3v) is 2.38. The van der Waals surface area contributed by atoms with Crippen LogP contribution in [0.1, 0.15) is 0 Å². The van der Waals surface area contributed by atoms with E-state index in [9.17, 15) is 13.4 Å². The van der Waals surface area contributed by atoms with Crippen LogP contribution in [-0.2, 0) is 0 Å². The van der Waals surface area contributed by atoms with Crippen molar-refractivity contribution in [2.24, 2.45) is 0 Å². The molecule has 14 heavy (non-hydrogen) atoms. The van der Waals surface area contributed by atoms with E-state index in [4.69, 9.17) is 0 Å². The normalized spacial score (nSPS) is 18.8. The minimum Gasteiger partial charge on any atom is -0.454 e. The van der Waals surface area contributed by atoms with Crippen molar-refractivity contribution in [3.63, 3.8) is 0 Å². The van der Waals surface area contributed by atoms with Gasteiger partial charge in [-0.05, 0) is 13.1 Å². The number of nitrogens with zero attached hydrogens (tertiary/aromatic N) is 1. The summed E-state index contributed by atoms with van der Waals surface area (Å²) >= 11 is 0. The third-order valence-electron chi connectivity index (χ3n) is 2.38. The Hall–Kier alpha value is -1.59. The highest BCUT2D eigenvalue weighted by Crippen LogP contribution is 2.22. The molecule has 1 heterocycles. The maximum absolute atomic E-state index is 13.6. The number of amides is 2. The van der Waals surface area contributed by atoms with E-state index in [-0.39, 0.29) is 11.2 Å². The fourth-order valence-electron chi connectivity index (χ4n) is 1.47. The van der Waals surface area contributed by atoms with Gasteiger partial charge in [0.05, 0.1) is 0 Å². The number of urea groups is 1. The van der Waals surface area contributed by atoms with E-state index in [1.54, 1.807) is 6.07 Å². The summed E-state index contributed by atoms with van der Waals surface area (Å²) in [6.07, 6.45) is 0. The summed E-state index contributed by atoms with van der Waals surface area (Å²) in [4.78, 5) is 11.6. The number of carbonyl (C=O) groups excluding carboxylic acids is 1. The van der Waals surface area contributed by atoms with Gasteiger partial charge in [0.1, 0.15) is 0 Å². The lowest BCUT2D eigenvalue weighted by atomic mass is 9.67. The number of anilines is 1. The number of hydrogen-bond acceptors (Lipinski definition) is 1. The van der Waals surface area contributed by atoms with Crippen molar-refractivity contribution in [2.45, 2.75) is 0 Å². The number of benzene rings is 1. The van der Waals surface area contributed by atoms with E-state index in [1.807, 2.05) is 0 Å². The molecule has 0 saturated heterocycles. The number of hydrogen-bond donors (Lipinski definition) is 1. The van der Waals surface area contributed by atoms with E-state index in [0.29, 0.717) is 4.81 Å². The lowest BCUT2D eigenvalue weighted by Crippen LogP contribution is -2.62. The number of para-hydroxylation sites is 1. The molecule has 1 N–H and O–H groups in total. The predicted molar refractivity (Wildman–Crippen MR) is 50.8 cm³/mol. The molecule has 0 bridgehead atoms. The molecular formula is C8H8BF2N2O-. The molecular weight excluding hydrogens is 189 g/mol. The van der Waals surface area contributed by atoms with E-state index < -0.39 is 12.9 Å². The first kappa shape index (κ1) is 8.99. The number of halogens is 2. The molecule has 6 heteroatoms. The molecule has 1 aromatic carbocycles. The topological polar surface area (TPSA) is 32.3 Å². The lowest BCUT2D eigenvalue weighted by molar-refractivity contribution is 0.233. The van der Waals surface area contributed by atoms with Crippen molar-refractivity contribution in [2.75, 3.05) is 12.4 Å². The molecule has 0 radical (unpaired) electrons. The van der Waals surface area contributed by atoms with Crippen LogP contribution in [0.25, 0.3) is 0 Å². The third kappa shape index (κ3) is 1.07. The molecule has 0 aliphatic carbocycles. The summed E-state index contributed by atoms with van der Waals surface area (Å²) in [5.74, 6) is 0. The van der Waals surface area contributed by atoms with Crippen molar-refractivity contribution < 1.29 is 13.4 Å². The van der Waals surface area contributed by atoms with Crippen molar-refractivity contribution in [1.29, 1.82) is 0 Å². The molecule has 3 nitrogen and oxygen atoms in total. The van der Waals surface area contributed by atoms with Gasteiger partial charge in [-0.3, -0.25) is 4.79 Å². The van der Waals surface area contributed by atoms with Gasteiger partial charge < -0.3 is 18.8 Å². The monoisotopic (exact) mass is 197 g/mol. The Labute approximate surface area is 79.7 Å². The van der Waals surface area contributed by atoms with Crippen LogP contribution in [0, 0.1) is 0 Å². The van der Waals surface area contributed by atoms with E-state index >= 15 is 0 Å². The Bertz CT molecular complexity index is 397. The van der Waals surface area contributed by atoms with Crippen LogP contribution in [0.3, 0.4) is 0 Å². The minimum absolute atomic E-state index is 0.116. The van der Waals surface area contributed by atoms with Gasteiger partial charge in [0.15, 0.2) is 0 Å². The van der Waals surface area contributed by atoms with E-state index in [2.05, 4.69) is 5.32 Å². The molecule has 2 rings (SSSR count). The van der Waals surface area contributed by atoms with Gasteiger partial charge in [0.25, 0.3) is 6.03 Å². The van der Waals surface area contributed by atoms with Crippen molar-refractivity contribution in [3.05, 3.63) is 24.3 Å². The van der Waals surface area contributed by atoms with Crippen LogP contribution in [0.2, 0.25) is 0 Å². The second-order valence-corrected chi connectivity index (χ2v) is 3.25. The second-order valence-electron chi connectivity index (χ2n) is 3.25. The average Bonchev–Trinajstić information content (AvgIpc) is 2.15. The fraction of sp³-hybridized carbons (Fsp3) is 0.125. The molecule has 0 aromatic heterocycles. The first-order valence-corrected chi connectivity index (χ1v) is 4.19. The molecule has 0 saturated carbocycles. The molecule has 1 aromatic rings. The quantitative estimate of drug-likeness (QED) is 0.623. The number of carbonyl (C=O) groups is 1. The minimum atomic E-state index is -3.92. The molecule has 0 atom stereocenters. The smallest absolute Gasteiger partial charge is 0.446 e. The number of fused-ring (bicyclic) bond motifs is 1. The highest BCUT2D eigenvalue weighted by Gasteiger charge is 2.40. The van der Waals surface area contributed by atoms with Crippen LogP contribution < -0.4 is 10.8 Å². The first-order valence-electron chi connectivity index (χ1n) is 4.19. The summed E-state index contributed by atoms with van der Waals surface area (Å²) in [6.45, 7) is -3.92. The zero-order chi connectivity index (χ0) is 10.3. The maximum atomic E-state index is 13.6. The first-order chi connectivity index (χ1) is 6.53. The van der Waals surface area contributed by atoms with Crippen LogP contribution in [0.5, 0.6) is 0 Å². The van der Waals surface area contributed by atoms with Gasteiger partial charge in [-0.15, -0.1) is 0 Å². The van der Waals surface area contributed by atoms with Crippen molar-refractivity contribution in [3.8, 4) is 0 Å². The van der Waals surface area contributed by atoms with E-state index in [1.165, 1.54) is 18.2 Å². The highest BCUT2D eigenvalue weighted by molar-refractivity contribution is 6.81. The van der Waals surface area contributed by atoms with Gasteiger partial charge in [0, 0.05) is 5.69 Å². The van der Waals surface area contributed by atoms with Gasteiger partial charge in [-0.2, -0.15) is 0 Å². The average molecular weight is 197 g/mol. The van der Waals surface area contributed by atoms with Gasteiger partial charge in [0.2, 0.25) is 0 Å². The van der Waals surface area contributed by atoms with Gasteiger partial charge in [-0.25, -0.2) is 0 Å². The van der Waals surface area contributed by atoms with Crippen LogP contribution >= 0.6 is 0 Å². The summed E-state index contributed by atoms with van der Waals surface area (Å²) in [5.41, 5.74) is 0.0789. The molecule has 74 valence electrons. The summed E-state index contributed by atoms with van der Waals surface area (Å²) in [6, 6.07) is 5.16. The van der Waals surface area contributed by atoms with Gasteiger partial charge >= 0.3 is 6.84 Å². The van der Waals surface area contributed by atoms with Crippen molar-refractivity contribution >= 4 is 24.0 Å². The molecule has 1 aliphatic rings. The molecule has 0 fully saturated rings.